The molecule has 0 atom stereocenters. The van der Waals surface area contributed by atoms with Crippen LogP contribution in [0.25, 0.3) is 0 Å². The van der Waals surface area contributed by atoms with Crippen LogP contribution in [0, 0.1) is 13.8 Å². The lowest BCUT2D eigenvalue weighted by Crippen LogP contribution is -2.19. The Morgan fingerprint density at radius 2 is 1.35 bits per heavy atom. The van der Waals surface area contributed by atoms with Crippen LogP contribution in [0.5, 0.6) is 0 Å². The van der Waals surface area contributed by atoms with Crippen LogP contribution < -0.4 is 9.44 Å². The van der Waals surface area contributed by atoms with Gasteiger partial charge in [-0.2, -0.15) is 0 Å². The van der Waals surface area contributed by atoms with E-state index in [-0.39, 0.29) is 15.5 Å². The van der Waals surface area contributed by atoms with Gasteiger partial charge in [0.25, 0.3) is 10.0 Å². The lowest BCUT2D eigenvalue weighted by molar-refractivity contribution is 0.588. The molecule has 0 saturated heterocycles. The Hall–Kier alpha value is -1.90. The number of hydrogen-bond donors (Lipinski definition) is 2. The first kappa shape index (κ1) is 17.5. The molecule has 0 spiro atoms. The fraction of sp³-hybridized carbons (Fsp3) is 0.200. The smallest absolute Gasteiger partial charge is 0.261 e. The van der Waals surface area contributed by atoms with Crippen molar-refractivity contribution < 1.29 is 16.8 Å². The normalized spacial score (nSPS) is 12.1. The third-order valence-corrected chi connectivity index (χ3v) is 6.16. The zero-order chi connectivity index (χ0) is 17.3. The molecule has 0 aliphatic rings. The maximum Gasteiger partial charge on any atom is 0.261 e. The molecular weight excluding hydrogens is 336 g/mol. The Morgan fingerprint density at radius 1 is 0.783 bits per heavy atom. The third-order valence-electron chi connectivity index (χ3n) is 3.36. The summed E-state index contributed by atoms with van der Waals surface area (Å²) in [6, 6.07) is 10.7. The molecule has 0 amide bonds. The molecule has 0 fully saturated rings. The van der Waals surface area contributed by atoms with Gasteiger partial charge in [0.05, 0.1) is 15.5 Å². The third kappa shape index (κ3) is 3.90. The lowest BCUT2D eigenvalue weighted by Gasteiger charge is -2.12. The van der Waals surface area contributed by atoms with Crippen molar-refractivity contribution in [1.29, 1.82) is 0 Å². The molecule has 0 aromatic heterocycles. The number of rotatable bonds is 5. The number of anilines is 1. The molecule has 0 bridgehead atoms. The molecule has 124 valence electrons. The fourth-order valence-corrected chi connectivity index (χ4v) is 3.79. The Bertz CT molecular complexity index is 918. The summed E-state index contributed by atoms with van der Waals surface area (Å²) in [5.74, 6) is 0. The zero-order valence-electron chi connectivity index (χ0n) is 13.0. The molecule has 2 N–H and O–H groups in total. The van der Waals surface area contributed by atoms with E-state index in [9.17, 15) is 16.8 Å². The minimum absolute atomic E-state index is 0.00722. The molecule has 0 saturated carbocycles. The average Bonchev–Trinajstić information content (AvgIpc) is 2.49. The monoisotopic (exact) mass is 354 g/mol. The number of benzene rings is 2. The van der Waals surface area contributed by atoms with Crippen molar-refractivity contribution >= 4 is 25.7 Å². The zero-order valence-corrected chi connectivity index (χ0v) is 14.6. The predicted molar refractivity (Wildman–Crippen MR) is 89.4 cm³/mol. The van der Waals surface area contributed by atoms with E-state index in [4.69, 9.17) is 0 Å². The molecule has 2 aromatic carbocycles. The summed E-state index contributed by atoms with van der Waals surface area (Å²) >= 11 is 0. The van der Waals surface area contributed by atoms with Crippen LogP contribution >= 0.6 is 0 Å². The van der Waals surface area contributed by atoms with Gasteiger partial charge in [0.2, 0.25) is 10.0 Å². The minimum Gasteiger partial charge on any atom is -0.279 e. The van der Waals surface area contributed by atoms with Crippen LogP contribution in [0.3, 0.4) is 0 Å². The highest BCUT2D eigenvalue weighted by atomic mass is 32.2. The van der Waals surface area contributed by atoms with Gasteiger partial charge >= 0.3 is 0 Å². The summed E-state index contributed by atoms with van der Waals surface area (Å²) in [5.41, 5.74) is 1.79. The first-order valence-corrected chi connectivity index (χ1v) is 9.76. The summed E-state index contributed by atoms with van der Waals surface area (Å²) in [5, 5.41) is 0. The highest BCUT2D eigenvalue weighted by Crippen LogP contribution is 2.23. The fourth-order valence-electron chi connectivity index (χ4n) is 1.92. The van der Waals surface area contributed by atoms with Gasteiger partial charge in [-0.25, -0.2) is 21.6 Å². The van der Waals surface area contributed by atoms with Crippen LogP contribution in [-0.2, 0) is 20.0 Å². The van der Waals surface area contributed by atoms with E-state index in [0.717, 1.165) is 5.56 Å². The summed E-state index contributed by atoms with van der Waals surface area (Å²) < 4.78 is 53.2. The topological polar surface area (TPSA) is 92.3 Å². The van der Waals surface area contributed by atoms with Gasteiger partial charge in [-0.15, -0.1) is 0 Å². The van der Waals surface area contributed by atoms with Crippen LogP contribution in [0.4, 0.5) is 5.69 Å². The highest BCUT2D eigenvalue weighted by molar-refractivity contribution is 7.92. The SMILES string of the molecule is CNS(=O)(=O)c1ccc(C)c(NS(=O)(=O)c2ccc(C)cc2)c1. The standard InChI is InChI=1S/C15H18N2O4S2/c1-11-4-7-13(8-5-11)23(20,21)17-15-10-14(9-6-12(15)2)22(18,19)16-3/h4-10,16-17H,1-3H3. The van der Waals surface area contributed by atoms with Crippen molar-refractivity contribution in [1.82, 2.24) is 4.72 Å². The molecule has 2 aromatic rings. The predicted octanol–water partition coefficient (Wildman–Crippen LogP) is 2.01. The second-order valence-electron chi connectivity index (χ2n) is 5.10. The maximum atomic E-state index is 12.4. The molecule has 0 radical (unpaired) electrons. The van der Waals surface area contributed by atoms with Crippen molar-refractivity contribution in [3.05, 3.63) is 53.6 Å². The lowest BCUT2D eigenvalue weighted by atomic mass is 10.2. The number of nitrogens with one attached hydrogen (secondary N) is 2. The average molecular weight is 354 g/mol. The first-order valence-electron chi connectivity index (χ1n) is 6.79. The van der Waals surface area contributed by atoms with Gasteiger partial charge in [0, 0.05) is 0 Å². The van der Waals surface area contributed by atoms with Gasteiger partial charge in [-0.3, -0.25) is 4.72 Å². The van der Waals surface area contributed by atoms with Gasteiger partial charge in [-0.1, -0.05) is 23.8 Å². The maximum absolute atomic E-state index is 12.4. The molecule has 6 nitrogen and oxygen atoms in total. The largest absolute Gasteiger partial charge is 0.279 e. The van der Waals surface area contributed by atoms with Crippen molar-refractivity contribution in [2.45, 2.75) is 23.6 Å². The van der Waals surface area contributed by atoms with Crippen LogP contribution in [0.2, 0.25) is 0 Å². The van der Waals surface area contributed by atoms with Crippen LogP contribution in [0.1, 0.15) is 11.1 Å². The summed E-state index contributed by atoms with van der Waals surface area (Å²) in [6.07, 6.45) is 0. The van der Waals surface area contributed by atoms with E-state index in [2.05, 4.69) is 9.44 Å². The number of aryl methyl sites for hydroxylation is 2. The summed E-state index contributed by atoms with van der Waals surface area (Å²) in [6.45, 7) is 3.56. The highest BCUT2D eigenvalue weighted by Gasteiger charge is 2.18. The van der Waals surface area contributed by atoms with Crippen molar-refractivity contribution in [3.63, 3.8) is 0 Å². The van der Waals surface area contributed by atoms with E-state index >= 15 is 0 Å². The minimum atomic E-state index is -3.79. The Morgan fingerprint density at radius 3 is 1.91 bits per heavy atom. The molecule has 0 unspecified atom stereocenters. The second-order valence-corrected chi connectivity index (χ2v) is 8.67. The van der Waals surface area contributed by atoms with Crippen molar-refractivity contribution in [3.8, 4) is 0 Å². The number of sulfonamides is 2. The first-order chi connectivity index (χ1) is 10.7. The molecule has 8 heteroatoms. The van der Waals surface area contributed by atoms with Gasteiger partial charge in [0.1, 0.15) is 0 Å². The van der Waals surface area contributed by atoms with E-state index in [0.29, 0.717) is 5.56 Å². The van der Waals surface area contributed by atoms with Crippen molar-refractivity contribution in [2.24, 2.45) is 0 Å². The van der Waals surface area contributed by atoms with E-state index in [1.54, 1.807) is 25.1 Å². The van der Waals surface area contributed by atoms with Crippen molar-refractivity contribution in [2.75, 3.05) is 11.8 Å². The van der Waals surface area contributed by atoms with E-state index in [1.807, 2.05) is 6.92 Å². The Labute approximate surface area is 136 Å². The van der Waals surface area contributed by atoms with E-state index < -0.39 is 20.0 Å². The Kier molecular flexibility index (Phi) is 4.79. The summed E-state index contributed by atoms with van der Waals surface area (Å²) in [7, 11) is -6.14. The molecule has 0 aliphatic carbocycles. The van der Waals surface area contributed by atoms with E-state index in [1.165, 1.54) is 31.3 Å². The van der Waals surface area contributed by atoms with Crippen LogP contribution in [-0.4, -0.2) is 23.9 Å². The second kappa shape index (κ2) is 6.31. The summed E-state index contributed by atoms with van der Waals surface area (Å²) in [4.78, 5) is 0.108. The van der Waals surface area contributed by atoms with Gasteiger partial charge in [0.15, 0.2) is 0 Å². The molecule has 0 heterocycles. The Balaban J connectivity index is 2.43. The number of hydrogen-bond acceptors (Lipinski definition) is 4. The molecule has 23 heavy (non-hydrogen) atoms. The molecule has 0 aliphatic heterocycles. The van der Waals surface area contributed by atoms with Crippen LogP contribution in [0.15, 0.2) is 52.3 Å². The molecular formula is C15H18N2O4S2. The molecule has 2 rings (SSSR count). The van der Waals surface area contributed by atoms with Gasteiger partial charge in [-0.05, 0) is 50.7 Å². The quantitative estimate of drug-likeness (QED) is 0.859. The van der Waals surface area contributed by atoms with Gasteiger partial charge < -0.3 is 0 Å².